The molecule has 1 aromatic carbocycles. The average molecular weight is 315 g/mol. The van der Waals surface area contributed by atoms with Gasteiger partial charge in [0, 0.05) is 13.0 Å². The van der Waals surface area contributed by atoms with Crippen molar-refractivity contribution in [2.24, 2.45) is 0 Å². The number of ether oxygens (including phenoxy) is 2. The zero-order valence-corrected chi connectivity index (χ0v) is 13.1. The number of sulfonamides is 1. The first-order valence-electron chi connectivity index (χ1n) is 6.66. The lowest BCUT2D eigenvalue weighted by Gasteiger charge is -2.08. The normalized spacial score (nSPS) is 11.1. The number of rotatable bonds is 9. The monoisotopic (exact) mass is 315 g/mol. The zero-order valence-electron chi connectivity index (χ0n) is 12.3. The molecule has 0 saturated heterocycles. The van der Waals surface area contributed by atoms with Crippen molar-refractivity contribution in [3.63, 3.8) is 0 Å². The molecule has 0 saturated carbocycles. The Hall–Kier alpha value is -1.60. The lowest BCUT2D eigenvalue weighted by molar-refractivity contribution is -0.140. The highest BCUT2D eigenvalue weighted by Gasteiger charge is 2.11. The van der Waals surface area contributed by atoms with Gasteiger partial charge in [0.1, 0.15) is 12.4 Å². The Labute approximate surface area is 125 Å². The van der Waals surface area contributed by atoms with Crippen molar-refractivity contribution < 1.29 is 22.7 Å². The highest BCUT2D eigenvalue weighted by Crippen LogP contribution is 2.11. The quantitative estimate of drug-likeness (QED) is 0.548. The minimum atomic E-state index is -3.39. The van der Waals surface area contributed by atoms with Crippen LogP contribution in [0.4, 0.5) is 0 Å². The smallest absolute Gasteiger partial charge is 0.305 e. The number of hydrogen-bond acceptors (Lipinski definition) is 5. The van der Waals surface area contributed by atoms with E-state index in [0.717, 1.165) is 5.56 Å². The van der Waals surface area contributed by atoms with Crippen LogP contribution in [0.25, 0.3) is 0 Å². The Morgan fingerprint density at radius 1 is 1.33 bits per heavy atom. The topological polar surface area (TPSA) is 81.7 Å². The lowest BCUT2D eigenvalue weighted by Crippen LogP contribution is -2.30. The summed E-state index contributed by atoms with van der Waals surface area (Å²) in [5.41, 5.74) is 1.08. The van der Waals surface area contributed by atoms with Gasteiger partial charge in [-0.05, 0) is 31.0 Å². The number of hydrogen-bond donors (Lipinski definition) is 1. The van der Waals surface area contributed by atoms with Gasteiger partial charge in [0.2, 0.25) is 10.0 Å². The molecule has 0 amide bonds. The van der Waals surface area contributed by atoms with E-state index in [1.165, 1.54) is 7.11 Å². The number of methoxy groups -OCH3 is 1. The molecule has 0 bridgehead atoms. The van der Waals surface area contributed by atoms with E-state index < -0.39 is 16.0 Å². The van der Waals surface area contributed by atoms with Gasteiger partial charge >= 0.3 is 5.97 Å². The summed E-state index contributed by atoms with van der Waals surface area (Å²) in [7, 11) is -2.11. The predicted molar refractivity (Wildman–Crippen MR) is 79.7 cm³/mol. The van der Waals surface area contributed by atoms with E-state index in [4.69, 9.17) is 4.74 Å². The van der Waals surface area contributed by atoms with Gasteiger partial charge in [-0.1, -0.05) is 12.1 Å². The SMILES string of the molecule is COC(=O)CCCS(=O)(=O)NCCOc1cccc(C)c1. The number of benzene rings is 1. The predicted octanol–water partition coefficient (Wildman–Crippen LogP) is 1.25. The summed E-state index contributed by atoms with van der Waals surface area (Å²) in [5, 5.41) is 0. The first kappa shape index (κ1) is 17.5. The number of esters is 1. The van der Waals surface area contributed by atoms with Crippen LogP contribution >= 0.6 is 0 Å². The summed E-state index contributed by atoms with van der Waals surface area (Å²) in [6.07, 6.45) is 0.331. The van der Waals surface area contributed by atoms with Gasteiger partial charge < -0.3 is 9.47 Å². The maximum absolute atomic E-state index is 11.6. The van der Waals surface area contributed by atoms with Crippen LogP contribution in [-0.4, -0.2) is 40.4 Å². The molecular weight excluding hydrogens is 294 g/mol. The minimum Gasteiger partial charge on any atom is -0.492 e. The third-order valence-electron chi connectivity index (χ3n) is 2.70. The van der Waals surface area contributed by atoms with E-state index in [1.54, 1.807) is 0 Å². The molecule has 0 aliphatic rings. The maximum atomic E-state index is 11.6. The maximum Gasteiger partial charge on any atom is 0.305 e. The first-order chi connectivity index (χ1) is 9.93. The van der Waals surface area contributed by atoms with Crippen molar-refractivity contribution in [3.8, 4) is 5.75 Å². The fraction of sp³-hybridized carbons (Fsp3) is 0.500. The van der Waals surface area contributed by atoms with Crippen molar-refractivity contribution >= 4 is 16.0 Å². The van der Waals surface area contributed by atoms with Gasteiger partial charge in [0.15, 0.2) is 0 Å². The van der Waals surface area contributed by atoms with Crippen molar-refractivity contribution in [1.82, 2.24) is 4.72 Å². The van der Waals surface area contributed by atoms with Crippen LogP contribution < -0.4 is 9.46 Å². The zero-order chi connectivity index (χ0) is 15.7. The van der Waals surface area contributed by atoms with E-state index in [0.29, 0.717) is 5.75 Å². The summed E-state index contributed by atoms with van der Waals surface area (Å²) in [6.45, 7) is 2.39. The number of aryl methyl sites for hydroxylation is 1. The van der Waals surface area contributed by atoms with Crippen LogP contribution in [0, 0.1) is 6.92 Å². The molecule has 7 heteroatoms. The summed E-state index contributed by atoms with van der Waals surface area (Å²) >= 11 is 0. The lowest BCUT2D eigenvalue weighted by atomic mass is 10.2. The molecule has 0 aromatic heterocycles. The molecule has 118 valence electrons. The highest BCUT2D eigenvalue weighted by atomic mass is 32.2. The van der Waals surface area contributed by atoms with E-state index in [9.17, 15) is 13.2 Å². The van der Waals surface area contributed by atoms with Gasteiger partial charge in [-0.3, -0.25) is 4.79 Å². The Kier molecular flexibility index (Phi) is 7.18. The number of nitrogens with one attached hydrogen (secondary N) is 1. The second kappa shape index (κ2) is 8.63. The van der Waals surface area contributed by atoms with Crippen LogP contribution in [0.2, 0.25) is 0 Å². The van der Waals surface area contributed by atoms with Crippen LogP contribution in [0.5, 0.6) is 5.75 Å². The molecule has 0 fully saturated rings. The largest absolute Gasteiger partial charge is 0.492 e. The second-order valence-electron chi connectivity index (χ2n) is 4.56. The van der Waals surface area contributed by atoms with E-state index in [-0.39, 0.29) is 31.7 Å². The van der Waals surface area contributed by atoms with Crippen molar-refractivity contribution in [1.29, 1.82) is 0 Å². The molecule has 1 rings (SSSR count). The Bertz CT molecular complexity index is 556. The molecule has 6 nitrogen and oxygen atoms in total. The molecular formula is C14H21NO5S. The van der Waals surface area contributed by atoms with Gasteiger partial charge in [0.05, 0.1) is 12.9 Å². The number of carbonyl (C=O) groups is 1. The summed E-state index contributed by atoms with van der Waals surface area (Å²) in [5.74, 6) is 0.194. The van der Waals surface area contributed by atoms with Crippen LogP contribution in [0.3, 0.4) is 0 Å². The van der Waals surface area contributed by atoms with Gasteiger partial charge in [-0.2, -0.15) is 0 Å². The molecule has 0 heterocycles. The molecule has 1 N–H and O–H groups in total. The summed E-state index contributed by atoms with van der Waals surface area (Å²) in [6, 6.07) is 7.53. The number of carbonyl (C=O) groups excluding carboxylic acids is 1. The second-order valence-corrected chi connectivity index (χ2v) is 6.48. The molecule has 0 atom stereocenters. The highest BCUT2D eigenvalue weighted by molar-refractivity contribution is 7.89. The molecule has 0 radical (unpaired) electrons. The molecule has 0 unspecified atom stereocenters. The fourth-order valence-corrected chi connectivity index (χ4v) is 2.71. The molecule has 0 spiro atoms. The van der Waals surface area contributed by atoms with Crippen LogP contribution in [-0.2, 0) is 19.6 Å². The first-order valence-corrected chi connectivity index (χ1v) is 8.32. The van der Waals surface area contributed by atoms with Crippen LogP contribution in [0.1, 0.15) is 18.4 Å². The standard InChI is InChI=1S/C14H21NO5S/c1-12-5-3-6-13(11-12)20-9-8-15-21(17,18)10-4-7-14(16)19-2/h3,5-6,11,15H,4,7-10H2,1-2H3. The Morgan fingerprint density at radius 2 is 2.10 bits per heavy atom. The van der Waals surface area contributed by atoms with Crippen molar-refractivity contribution in [3.05, 3.63) is 29.8 Å². The third kappa shape index (κ3) is 7.67. The van der Waals surface area contributed by atoms with Crippen LogP contribution in [0.15, 0.2) is 24.3 Å². The van der Waals surface area contributed by atoms with Gasteiger partial charge in [-0.15, -0.1) is 0 Å². The molecule has 0 aliphatic heterocycles. The van der Waals surface area contributed by atoms with E-state index in [2.05, 4.69) is 9.46 Å². The minimum absolute atomic E-state index is 0.0944. The van der Waals surface area contributed by atoms with Crippen molar-refractivity contribution in [2.45, 2.75) is 19.8 Å². The van der Waals surface area contributed by atoms with Gasteiger partial charge in [0.25, 0.3) is 0 Å². The third-order valence-corrected chi connectivity index (χ3v) is 4.17. The summed E-state index contributed by atoms with van der Waals surface area (Å²) in [4.78, 5) is 10.9. The Balaban J connectivity index is 2.23. The van der Waals surface area contributed by atoms with Gasteiger partial charge in [-0.25, -0.2) is 13.1 Å². The fourth-order valence-electron chi connectivity index (χ4n) is 1.65. The molecule has 0 aliphatic carbocycles. The van der Waals surface area contributed by atoms with Crippen molar-refractivity contribution in [2.75, 3.05) is 26.0 Å². The van der Waals surface area contributed by atoms with E-state index in [1.807, 2.05) is 31.2 Å². The average Bonchev–Trinajstić information content (AvgIpc) is 2.43. The Morgan fingerprint density at radius 3 is 2.76 bits per heavy atom. The molecule has 1 aromatic rings. The molecule has 21 heavy (non-hydrogen) atoms. The van der Waals surface area contributed by atoms with E-state index >= 15 is 0 Å². The summed E-state index contributed by atoms with van der Waals surface area (Å²) < 4.78 is 35.6.